The van der Waals surface area contributed by atoms with Gasteiger partial charge in [-0.1, -0.05) is 0 Å². The first kappa shape index (κ1) is 20.2. The molecule has 0 unspecified atom stereocenters. The van der Waals surface area contributed by atoms with Crippen molar-refractivity contribution in [1.82, 2.24) is 5.32 Å². The predicted octanol–water partition coefficient (Wildman–Crippen LogP) is -0.802. The van der Waals surface area contributed by atoms with Gasteiger partial charge in [0.2, 0.25) is 0 Å². The molecule has 1 radical (unpaired) electrons. The molecule has 0 heterocycles. The number of carbonyl (C=O) groups is 3. The molecule has 1 amide bonds. The average Bonchev–Trinajstić information content (AvgIpc) is 2.29. The number of carboxylic acids is 1. The number of nitrogens with one attached hydrogen (secondary N) is 1. The summed E-state index contributed by atoms with van der Waals surface area (Å²) >= 11 is 0. The molecule has 1 rings (SSSR count). The Kier molecular flexibility index (Phi) is 9.90. The van der Waals surface area contributed by atoms with Gasteiger partial charge in [-0.25, -0.2) is 0 Å². The number of aliphatic carboxylic acids is 1. The van der Waals surface area contributed by atoms with Crippen LogP contribution in [0.15, 0.2) is 35.8 Å². The SMILES string of the molecule is O.O=C1C=C/C(=C/NCC(=O)[N-]CC(=O)O)C(O)=C1.[Mn]. The maximum absolute atomic E-state index is 11.1. The van der Waals surface area contributed by atoms with E-state index in [-0.39, 0.29) is 40.6 Å². The van der Waals surface area contributed by atoms with Gasteiger partial charge in [-0.15, -0.1) is 0 Å². The molecular weight excluding hydrogens is 311 g/mol. The molecule has 0 saturated carbocycles. The van der Waals surface area contributed by atoms with Crippen molar-refractivity contribution in [1.29, 1.82) is 0 Å². The van der Waals surface area contributed by atoms with Gasteiger partial charge in [0.25, 0.3) is 5.97 Å². The molecule has 0 saturated heterocycles. The van der Waals surface area contributed by atoms with E-state index in [1.54, 1.807) is 0 Å². The standard InChI is InChI=1S/C11H12N2O5.Mn.H2O/c14-8-2-1-7(9(15)3-8)4-12-5-10(16)13-6-11(17)18;;/h1-4H,5-6H2,(H4,12,13,14,15,16,17,18);;1H2/p-1. The van der Waals surface area contributed by atoms with Gasteiger partial charge in [-0.05, 0) is 18.7 Å². The van der Waals surface area contributed by atoms with Crippen LogP contribution in [-0.4, -0.2) is 46.4 Å². The third kappa shape index (κ3) is 7.37. The Bertz CT molecular complexity index is 470. The number of aliphatic hydroxyl groups excluding tert-OH is 1. The molecular formula is C11H13MnN2O6-. The summed E-state index contributed by atoms with van der Waals surface area (Å²) in [7, 11) is 0. The number of hydrogen-bond donors (Lipinski definition) is 3. The zero-order chi connectivity index (χ0) is 13.5. The minimum absolute atomic E-state index is 0. The predicted molar refractivity (Wildman–Crippen MR) is 65.4 cm³/mol. The topological polar surface area (TPSA) is 149 Å². The molecule has 0 fully saturated rings. The second-order valence-corrected chi connectivity index (χ2v) is 3.35. The van der Waals surface area contributed by atoms with Crippen LogP contribution in [0, 0.1) is 0 Å². The Morgan fingerprint density at radius 3 is 2.55 bits per heavy atom. The van der Waals surface area contributed by atoms with Gasteiger partial charge in [0.05, 0.1) is 12.5 Å². The Labute approximate surface area is 125 Å². The summed E-state index contributed by atoms with van der Waals surface area (Å²) in [5.74, 6) is -2.33. The van der Waals surface area contributed by atoms with Gasteiger partial charge in [0.15, 0.2) is 5.78 Å². The number of carboxylic acid groups (broad SMARTS) is 1. The van der Waals surface area contributed by atoms with Crippen LogP contribution in [0.4, 0.5) is 0 Å². The Hall–Kier alpha value is -2.09. The first-order valence-electron chi connectivity index (χ1n) is 4.98. The quantitative estimate of drug-likeness (QED) is 0.563. The number of hydrogen-bond acceptors (Lipinski definition) is 5. The molecule has 0 aromatic heterocycles. The van der Waals surface area contributed by atoms with Crippen LogP contribution in [0.5, 0.6) is 0 Å². The second-order valence-electron chi connectivity index (χ2n) is 3.35. The van der Waals surface area contributed by atoms with Crippen molar-refractivity contribution in [2.45, 2.75) is 0 Å². The van der Waals surface area contributed by atoms with E-state index < -0.39 is 18.4 Å². The molecule has 5 N–H and O–H groups in total. The summed E-state index contributed by atoms with van der Waals surface area (Å²) < 4.78 is 0. The van der Waals surface area contributed by atoms with Crippen molar-refractivity contribution in [3.05, 3.63) is 41.1 Å². The van der Waals surface area contributed by atoms with Crippen molar-refractivity contribution in [3.8, 4) is 0 Å². The Morgan fingerprint density at radius 1 is 1.35 bits per heavy atom. The van der Waals surface area contributed by atoms with Crippen molar-refractivity contribution in [2.24, 2.45) is 0 Å². The van der Waals surface area contributed by atoms with Gasteiger partial charge in [0, 0.05) is 34.9 Å². The third-order valence-corrected chi connectivity index (χ3v) is 1.90. The van der Waals surface area contributed by atoms with E-state index in [1.807, 2.05) is 0 Å². The molecule has 0 aliphatic heterocycles. The molecule has 1 aliphatic rings. The molecule has 1 aliphatic carbocycles. The first-order valence-corrected chi connectivity index (χ1v) is 4.98. The third-order valence-electron chi connectivity index (χ3n) is 1.90. The van der Waals surface area contributed by atoms with Crippen LogP contribution in [0.2, 0.25) is 0 Å². The zero-order valence-corrected chi connectivity index (χ0v) is 11.3. The molecule has 0 atom stereocenters. The van der Waals surface area contributed by atoms with Crippen LogP contribution in [0.1, 0.15) is 0 Å². The molecule has 9 heteroatoms. The van der Waals surface area contributed by atoms with Crippen molar-refractivity contribution < 1.29 is 47.1 Å². The minimum atomic E-state index is -1.18. The summed E-state index contributed by atoms with van der Waals surface area (Å²) in [6.07, 6.45) is 5.04. The summed E-state index contributed by atoms with van der Waals surface area (Å²) in [6, 6.07) is 0. The molecule has 20 heavy (non-hydrogen) atoms. The van der Waals surface area contributed by atoms with Crippen molar-refractivity contribution >= 4 is 17.7 Å². The summed E-state index contributed by atoms with van der Waals surface area (Å²) in [5, 5.41) is 23.5. The Morgan fingerprint density at radius 2 is 2.00 bits per heavy atom. The number of nitrogens with zero attached hydrogens (tertiary/aromatic N) is 1. The number of rotatable bonds is 5. The number of carbonyl (C=O) groups excluding carboxylic acids is 2. The molecule has 0 spiro atoms. The van der Waals surface area contributed by atoms with Crippen molar-refractivity contribution in [3.63, 3.8) is 0 Å². The molecule has 0 bridgehead atoms. The summed E-state index contributed by atoms with van der Waals surface area (Å²) in [5.41, 5.74) is 0.348. The number of amides is 1. The van der Waals surface area contributed by atoms with Gasteiger partial charge >= 0.3 is 0 Å². The normalized spacial score (nSPS) is 14.7. The van der Waals surface area contributed by atoms with Crippen LogP contribution < -0.4 is 5.32 Å². The van der Waals surface area contributed by atoms with E-state index in [0.29, 0.717) is 5.57 Å². The van der Waals surface area contributed by atoms with E-state index in [0.717, 1.165) is 6.08 Å². The zero-order valence-electron chi connectivity index (χ0n) is 10.2. The molecule has 0 aromatic carbocycles. The monoisotopic (exact) mass is 324 g/mol. The van der Waals surface area contributed by atoms with Crippen LogP contribution in [0.25, 0.3) is 5.32 Å². The number of allylic oxidation sites excluding steroid dienone is 3. The van der Waals surface area contributed by atoms with E-state index in [2.05, 4.69) is 10.6 Å². The average molecular weight is 324 g/mol. The second kappa shape index (κ2) is 9.79. The van der Waals surface area contributed by atoms with Crippen LogP contribution in [-0.2, 0) is 31.5 Å². The van der Waals surface area contributed by atoms with E-state index in [9.17, 15) is 19.5 Å². The number of aliphatic hydroxyl groups is 1. The van der Waals surface area contributed by atoms with Gasteiger partial charge in [-0.2, -0.15) is 0 Å². The summed E-state index contributed by atoms with van der Waals surface area (Å²) in [4.78, 5) is 32.0. The molecule has 8 nitrogen and oxygen atoms in total. The van der Waals surface area contributed by atoms with E-state index in [1.165, 1.54) is 18.4 Å². The molecule has 111 valence electrons. The fraction of sp³-hybridized carbons (Fsp3) is 0.182. The number of ketones is 1. The van der Waals surface area contributed by atoms with Gasteiger partial charge in [-0.3, -0.25) is 9.59 Å². The minimum Gasteiger partial charge on any atom is -0.643 e. The fourth-order valence-corrected chi connectivity index (χ4v) is 1.11. The van der Waals surface area contributed by atoms with Gasteiger partial charge in [0.1, 0.15) is 5.76 Å². The molecule has 0 aromatic rings. The van der Waals surface area contributed by atoms with Crippen LogP contribution in [0.3, 0.4) is 0 Å². The summed E-state index contributed by atoms with van der Waals surface area (Å²) in [6.45, 7) is -0.761. The smallest absolute Gasteiger partial charge is 0.285 e. The Balaban J connectivity index is 0. The maximum atomic E-state index is 11.1. The fourth-order valence-electron chi connectivity index (χ4n) is 1.11. The van der Waals surface area contributed by atoms with E-state index in [4.69, 9.17) is 5.11 Å². The first-order chi connectivity index (χ1) is 8.49. The maximum Gasteiger partial charge on any atom is 0.285 e. The van der Waals surface area contributed by atoms with E-state index >= 15 is 0 Å². The largest absolute Gasteiger partial charge is 0.643 e. The van der Waals surface area contributed by atoms with Crippen LogP contribution >= 0.6 is 0 Å². The van der Waals surface area contributed by atoms with Crippen molar-refractivity contribution in [2.75, 3.05) is 13.1 Å². The van der Waals surface area contributed by atoms with Gasteiger partial charge < -0.3 is 31.1 Å².